The zero-order chi connectivity index (χ0) is 20.3. The summed E-state index contributed by atoms with van der Waals surface area (Å²) >= 11 is 0. The van der Waals surface area contributed by atoms with Crippen molar-refractivity contribution in [1.29, 1.82) is 5.26 Å². The normalized spacial score (nSPS) is 35.8. The molecule has 3 saturated heterocycles. The van der Waals surface area contributed by atoms with Gasteiger partial charge in [0.1, 0.15) is 6.04 Å². The first kappa shape index (κ1) is 18.5. The Morgan fingerprint density at radius 3 is 2.59 bits per heavy atom. The lowest BCUT2D eigenvalue weighted by Crippen LogP contribution is -2.55. The molecule has 152 valence electrons. The lowest BCUT2D eigenvalue weighted by atomic mass is 9.84. The molecule has 2 bridgehead atoms. The summed E-state index contributed by atoms with van der Waals surface area (Å²) in [6.45, 7) is 0. The van der Waals surface area contributed by atoms with E-state index in [0.29, 0.717) is 18.8 Å². The van der Waals surface area contributed by atoms with Crippen LogP contribution in [0, 0.1) is 29.1 Å². The SMILES string of the molecule is N#C[C@@H]1C[C@@H]2C[C@@H]2N1C(=O)[C@@H](N)C1CC2CCC(C1)N2C(=O)c1cccnc1F. The van der Waals surface area contributed by atoms with E-state index < -0.39 is 12.0 Å². The van der Waals surface area contributed by atoms with Crippen LogP contribution >= 0.6 is 0 Å². The van der Waals surface area contributed by atoms with Gasteiger partial charge in [0.2, 0.25) is 11.9 Å². The summed E-state index contributed by atoms with van der Waals surface area (Å²) in [4.78, 5) is 33.1. The lowest BCUT2D eigenvalue weighted by molar-refractivity contribution is -0.135. The topological polar surface area (TPSA) is 103 Å². The van der Waals surface area contributed by atoms with Crippen LogP contribution in [0.5, 0.6) is 0 Å². The minimum absolute atomic E-state index is 0.00284. The number of nitrogens with two attached hydrogens (primary N) is 1. The Hall–Kier alpha value is -2.53. The second-order valence-corrected chi connectivity index (χ2v) is 8.89. The van der Waals surface area contributed by atoms with Crippen molar-refractivity contribution in [3.05, 3.63) is 29.8 Å². The van der Waals surface area contributed by atoms with Gasteiger partial charge in [0.05, 0.1) is 17.7 Å². The predicted octanol–water partition coefficient (Wildman–Crippen LogP) is 1.44. The number of nitrogens with zero attached hydrogens (tertiary/aromatic N) is 4. The molecule has 29 heavy (non-hydrogen) atoms. The molecule has 4 fully saturated rings. The Balaban J connectivity index is 1.30. The molecule has 6 atom stereocenters. The Kier molecular flexibility index (Phi) is 4.32. The summed E-state index contributed by atoms with van der Waals surface area (Å²) in [7, 11) is 0. The number of pyridine rings is 1. The van der Waals surface area contributed by atoms with Crippen LogP contribution in [0.3, 0.4) is 0 Å². The van der Waals surface area contributed by atoms with Crippen LogP contribution in [0.1, 0.15) is 48.9 Å². The number of likely N-dealkylation sites (tertiary alicyclic amines) is 1. The van der Waals surface area contributed by atoms with Gasteiger partial charge in [0.15, 0.2) is 0 Å². The molecule has 0 radical (unpaired) electrons. The highest BCUT2D eigenvalue weighted by Crippen LogP contribution is 2.48. The Labute approximate surface area is 168 Å². The predicted molar refractivity (Wildman–Crippen MR) is 101 cm³/mol. The maximum atomic E-state index is 14.0. The number of nitriles is 1. The number of carbonyl (C=O) groups excluding carboxylic acids is 2. The van der Waals surface area contributed by atoms with E-state index in [1.165, 1.54) is 12.3 Å². The molecule has 2 unspecified atom stereocenters. The maximum absolute atomic E-state index is 14.0. The number of fused-ring (bicyclic) bond motifs is 3. The molecule has 1 aliphatic carbocycles. The first-order valence-electron chi connectivity index (χ1n) is 10.4. The van der Waals surface area contributed by atoms with Crippen molar-refractivity contribution in [2.45, 2.75) is 68.7 Å². The van der Waals surface area contributed by atoms with Crippen molar-refractivity contribution < 1.29 is 14.0 Å². The van der Waals surface area contributed by atoms with Gasteiger partial charge in [-0.05, 0) is 62.5 Å². The average Bonchev–Trinajstić information content (AvgIpc) is 3.31. The molecular weight excluding hydrogens is 373 g/mol. The Morgan fingerprint density at radius 1 is 1.21 bits per heavy atom. The average molecular weight is 397 g/mol. The molecule has 1 aromatic heterocycles. The molecule has 2 amide bonds. The van der Waals surface area contributed by atoms with E-state index >= 15 is 0 Å². The highest BCUT2D eigenvalue weighted by molar-refractivity contribution is 5.95. The lowest BCUT2D eigenvalue weighted by Gasteiger charge is -2.41. The van der Waals surface area contributed by atoms with Gasteiger partial charge in [-0.2, -0.15) is 9.65 Å². The summed E-state index contributed by atoms with van der Waals surface area (Å²) in [5, 5.41) is 9.37. The van der Waals surface area contributed by atoms with Crippen molar-refractivity contribution in [2.75, 3.05) is 0 Å². The molecular formula is C21H24FN5O2. The minimum Gasteiger partial charge on any atom is -0.333 e. The fourth-order valence-corrected chi connectivity index (χ4v) is 5.79. The van der Waals surface area contributed by atoms with Gasteiger partial charge in [0.25, 0.3) is 5.91 Å². The van der Waals surface area contributed by atoms with Crippen molar-refractivity contribution in [2.24, 2.45) is 17.6 Å². The molecule has 5 rings (SSSR count). The number of hydrogen-bond acceptors (Lipinski definition) is 5. The smallest absolute Gasteiger partial charge is 0.258 e. The van der Waals surface area contributed by atoms with Crippen molar-refractivity contribution >= 4 is 11.8 Å². The largest absolute Gasteiger partial charge is 0.333 e. The van der Waals surface area contributed by atoms with Gasteiger partial charge in [-0.3, -0.25) is 9.59 Å². The van der Waals surface area contributed by atoms with Crippen LogP contribution in [0.2, 0.25) is 0 Å². The molecule has 4 aliphatic rings. The van der Waals surface area contributed by atoms with Gasteiger partial charge >= 0.3 is 0 Å². The number of carbonyl (C=O) groups is 2. The summed E-state index contributed by atoms with van der Waals surface area (Å²) in [5.74, 6) is -0.766. The molecule has 1 saturated carbocycles. The standard InChI is InChI=1S/C21H24FN5O2/c22-19-16(2-1-5-25-19)20(28)26-13-3-4-14(26)8-12(7-13)18(24)21(29)27-15(10-23)6-11-9-17(11)27/h1-2,5,11-15,17-18H,3-4,6-9,24H2/t11-,12?,13?,14?,15+,17+,18+/m1/s1. The molecule has 3 aliphatic heterocycles. The maximum Gasteiger partial charge on any atom is 0.258 e. The number of hydrogen-bond donors (Lipinski definition) is 1. The minimum atomic E-state index is -0.749. The number of piperidine rings is 2. The number of halogens is 1. The molecule has 1 aromatic rings. The molecule has 0 aromatic carbocycles. The van der Waals surface area contributed by atoms with Crippen LogP contribution in [0.25, 0.3) is 0 Å². The first-order chi connectivity index (χ1) is 14.0. The van der Waals surface area contributed by atoms with Gasteiger partial charge in [0, 0.05) is 24.3 Å². The first-order valence-corrected chi connectivity index (χ1v) is 10.4. The van der Waals surface area contributed by atoms with Crippen molar-refractivity contribution in [3.8, 4) is 6.07 Å². The van der Waals surface area contributed by atoms with E-state index in [-0.39, 0.29) is 47.5 Å². The Bertz CT molecular complexity index is 887. The zero-order valence-electron chi connectivity index (χ0n) is 16.1. The molecule has 7 nitrogen and oxygen atoms in total. The molecule has 0 spiro atoms. The monoisotopic (exact) mass is 397 g/mol. The second kappa shape index (κ2) is 6.77. The Morgan fingerprint density at radius 2 is 1.93 bits per heavy atom. The highest BCUT2D eigenvalue weighted by atomic mass is 19.1. The number of rotatable bonds is 3. The van der Waals surface area contributed by atoms with E-state index in [9.17, 15) is 19.2 Å². The van der Waals surface area contributed by atoms with Gasteiger partial charge in [-0.1, -0.05) is 0 Å². The fourth-order valence-electron chi connectivity index (χ4n) is 5.79. The third kappa shape index (κ3) is 2.91. The van der Waals surface area contributed by atoms with Crippen LogP contribution in [-0.2, 0) is 4.79 Å². The van der Waals surface area contributed by atoms with Crippen LogP contribution in [0.4, 0.5) is 4.39 Å². The van der Waals surface area contributed by atoms with Crippen LogP contribution in [-0.4, -0.2) is 56.8 Å². The third-order valence-electron chi connectivity index (χ3n) is 7.29. The molecule has 4 heterocycles. The van der Waals surface area contributed by atoms with Crippen molar-refractivity contribution in [1.82, 2.24) is 14.8 Å². The summed E-state index contributed by atoms with van der Waals surface area (Å²) in [6, 6.07) is 4.37. The van der Waals surface area contributed by atoms with E-state index in [1.807, 2.05) is 0 Å². The third-order valence-corrected chi connectivity index (χ3v) is 7.29. The number of amides is 2. The molecule has 8 heteroatoms. The molecule has 2 N–H and O–H groups in total. The second-order valence-electron chi connectivity index (χ2n) is 8.89. The van der Waals surface area contributed by atoms with E-state index in [1.54, 1.807) is 15.9 Å². The quantitative estimate of drug-likeness (QED) is 0.778. The number of aromatic nitrogens is 1. The summed E-state index contributed by atoms with van der Waals surface area (Å²) < 4.78 is 14.0. The summed E-state index contributed by atoms with van der Waals surface area (Å²) in [6.07, 6.45) is 6.01. The van der Waals surface area contributed by atoms with Crippen LogP contribution in [0.15, 0.2) is 18.3 Å². The van der Waals surface area contributed by atoms with E-state index in [2.05, 4.69) is 11.1 Å². The van der Waals surface area contributed by atoms with Gasteiger partial charge < -0.3 is 15.5 Å². The van der Waals surface area contributed by atoms with Gasteiger partial charge in [-0.25, -0.2) is 4.98 Å². The zero-order valence-corrected chi connectivity index (χ0v) is 16.1. The van der Waals surface area contributed by atoms with Crippen molar-refractivity contribution in [3.63, 3.8) is 0 Å². The summed E-state index contributed by atoms with van der Waals surface area (Å²) in [5.41, 5.74) is 6.40. The fraction of sp³-hybridized carbons (Fsp3) is 0.619. The van der Waals surface area contributed by atoms with E-state index in [0.717, 1.165) is 25.7 Å². The van der Waals surface area contributed by atoms with Crippen LogP contribution < -0.4 is 5.73 Å². The van der Waals surface area contributed by atoms with Gasteiger partial charge in [-0.15, -0.1) is 0 Å². The van der Waals surface area contributed by atoms with E-state index in [4.69, 9.17) is 5.73 Å². The highest BCUT2D eigenvalue weighted by Gasteiger charge is 2.56.